The average Bonchev–Trinajstić information content (AvgIpc) is 3.29. The lowest BCUT2D eigenvalue weighted by molar-refractivity contribution is -0.131. The van der Waals surface area contributed by atoms with Crippen molar-refractivity contribution in [2.75, 3.05) is 27.2 Å². The zero-order chi connectivity index (χ0) is 22.1. The van der Waals surface area contributed by atoms with Gasteiger partial charge in [0.25, 0.3) is 6.47 Å². The second-order valence-electron chi connectivity index (χ2n) is 7.54. The van der Waals surface area contributed by atoms with E-state index in [4.69, 9.17) is 9.90 Å². The molecule has 2 amide bonds. The second kappa shape index (κ2) is 11.3. The fraction of sp³-hybridized carbons (Fsp3) is 0.524. The van der Waals surface area contributed by atoms with Crippen LogP contribution in [0.25, 0.3) is 11.0 Å². The van der Waals surface area contributed by atoms with Gasteiger partial charge in [-0.05, 0) is 32.0 Å². The van der Waals surface area contributed by atoms with Gasteiger partial charge in [0.1, 0.15) is 0 Å². The molecule has 1 fully saturated rings. The van der Waals surface area contributed by atoms with E-state index in [-0.39, 0.29) is 24.3 Å². The summed E-state index contributed by atoms with van der Waals surface area (Å²) in [5, 5.41) is 9.77. The van der Waals surface area contributed by atoms with Gasteiger partial charge in [-0.25, -0.2) is 4.98 Å². The number of likely N-dealkylation sites (N-methyl/N-ethyl adjacent to an activating group) is 2. The third-order valence-corrected chi connectivity index (χ3v) is 5.61. The van der Waals surface area contributed by atoms with Crippen molar-refractivity contribution < 1.29 is 19.5 Å². The molecule has 1 aliphatic rings. The van der Waals surface area contributed by atoms with Gasteiger partial charge in [-0.3, -0.25) is 19.3 Å². The summed E-state index contributed by atoms with van der Waals surface area (Å²) >= 11 is 0. The van der Waals surface area contributed by atoms with Crippen LogP contribution in [0.3, 0.4) is 0 Å². The minimum absolute atomic E-state index is 0.00492. The summed E-state index contributed by atoms with van der Waals surface area (Å²) in [6.07, 6.45) is 4.36. The molecule has 2 aromatic rings. The van der Waals surface area contributed by atoms with Crippen LogP contribution in [0.4, 0.5) is 0 Å². The Bertz CT molecular complexity index is 853. The van der Waals surface area contributed by atoms with Crippen molar-refractivity contribution in [2.24, 2.45) is 0 Å². The highest BCUT2D eigenvalue weighted by atomic mass is 16.3. The Labute approximate surface area is 176 Å². The van der Waals surface area contributed by atoms with E-state index in [1.54, 1.807) is 0 Å². The van der Waals surface area contributed by atoms with Crippen molar-refractivity contribution in [3.63, 3.8) is 0 Å². The van der Waals surface area contributed by atoms with E-state index < -0.39 is 0 Å². The van der Waals surface area contributed by atoms with Gasteiger partial charge in [-0.2, -0.15) is 0 Å². The van der Waals surface area contributed by atoms with E-state index in [0.717, 1.165) is 30.4 Å². The molecule has 0 radical (unpaired) electrons. The maximum atomic E-state index is 12.6. The summed E-state index contributed by atoms with van der Waals surface area (Å²) in [5.41, 5.74) is 2.07. The number of carbonyl (C=O) groups is 3. The quantitative estimate of drug-likeness (QED) is 0.655. The Balaban J connectivity index is 0.00000101. The largest absolute Gasteiger partial charge is 0.483 e. The zero-order valence-electron chi connectivity index (χ0n) is 17.8. The molecule has 1 aliphatic heterocycles. The smallest absolute Gasteiger partial charge is 0.290 e. The van der Waals surface area contributed by atoms with Crippen molar-refractivity contribution in [2.45, 2.75) is 44.8 Å². The van der Waals surface area contributed by atoms with Gasteiger partial charge in [0.05, 0.1) is 17.4 Å². The number of nitrogens with one attached hydrogen (secondary N) is 1. The molecule has 2 atom stereocenters. The Morgan fingerprint density at radius 2 is 1.97 bits per heavy atom. The fourth-order valence-electron chi connectivity index (χ4n) is 3.77. The maximum Gasteiger partial charge on any atom is 0.290 e. The number of nitrogens with zero attached hydrogens (tertiary/aromatic N) is 4. The first kappa shape index (κ1) is 23.3. The summed E-state index contributed by atoms with van der Waals surface area (Å²) in [7, 11) is 3.92. The number of amides is 2. The number of carboxylic acid groups (broad SMARTS) is 1. The lowest BCUT2D eigenvalue weighted by Crippen LogP contribution is -2.42. The number of carbonyl (C=O) groups excluding carboxylic acids is 2. The van der Waals surface area contributed by atoms with Crippen LogP contribution < -0.4 is 5.32 Å². The number of rotatable bonds is 7. The van der Waals surface area contributed by atoms with Crippen molar-refractivity contribution in [3.8, 4) is 0 Å². The molecule has 3 rings (SSSR count). The van der Waals surface area contributed by atoms with Gasteiger partial charge in [-0.1, -0.05) is 12.1 Å². The molecule has 2 N–H and O–H groups in total. The second-order valence-corrected chi connectivity index (χ2v) is 7.54. The predicted molar refractivity (Wildman–Crippen MR) is 114 cm³/mol. The van der Waals surface area contributed by atoms with Gasteiger partial charge >= 0.3 is 0 Å². The van der Waals surface area contributed by atoms with Crippen LogP contribution in [-0.4, -0.2) is 82.0 Å². The molecule has 0 aliphatic carbocycles. The molecule has 2 heterocycles. The zero-order valence-corrected chi connectivity index (χ0v) is 17.8. The molecule has 0 unspecified atom stereocenters. The van der Waals surface area contributed by atoms with Gasteiger partial charge in [0.2, 0.25) is 11.8 Å². The highest BCUT2D eigenvalue weighted by Gasteiger charge is 2.32. The van der Waals surface area contributed by atoms with E-state index in [9.17, 15) is 9.59 Å². The monoisotopic (exact) mass is 417 g/mol. The van der Waals surface area contributed by atoms with Gasteiger partial charge < -0.3 is 19.9 Å². The molecule has 164 valence electrons. The molecular weight excluding hydrogens is 386 g/mol. The number of para-hydroxylation sites is 2. The summed E-state index contributed by atoms with van der Waals surface area (Å²) in [6.45, 7) is 3.33. The average molecular weight is 418 g/mol. The van der Waals surface area contributed by atoms with Crippen molar-refractivity contribution in [1.29, 1.82) is 0 Å². The van der Waals surface area contributed by atoms with Crippen LogP contribution >= 0.6 is 0 Å². The summed E-state index contributed by atoms with van der Waals surface area (Å²) in [5.74, 6) is 0.158. The summed E-state index contributed by atoms with van der Waals surface area (Å²) in [4.78, 5) is 40.6. The molecule has 9 heteroatoms. The molecule has 9 nitrogen and oxygen atoms in total. The third-order valence-electron chi connectivity index (χ3n) is 5.61. The van der Waals surface area contributed by atoms with Crippen molar-refractivity contribution >= 4 is 29.3 Å². The molecule has 1 aromatic heterocycles. The number of benzene rings is 1. The van der Waals surface area contributed by atoms with Crippen molar-refractivity contribution in [3.05, 3.63) is 30.6 Å². The lowest BCUT2D eigenvalue weighted by atomic mass is 10.1. The van der Waals surface area contributed by atoms with Crippen molar-refractivity contribution in [1.82, 2.24) is 24.7 Å². The first-order valence-electron chi connectivity index (χ1n) is 10.1. The first-order valence-corrected chi connectivity index (χ1v) is 10.1. The van der Waals surface area contributed by atoms with E-state index in [1.165, 1.54) is 6.92 Å². The molecule has 1 saturated heterocycles. The Morgan fingerprint density at radius 1 is 1.30 bits per heavy atom. The molecular formula is C21H31N5O4. The SMILES string of the molecule is CC(=O)NC[C@H]1CC[C@@H](CC(=O)N(C)CCn2cnc3ccccc32)N1C.O=CO. The number of fused-ring (bicyclic) bond motifs is 1. The molecule has 0 saturated carbocycles. The van der Waals surface area contributed by atoms with Gasteiger partial charge in [0.15, 0.2) is 0 Å². The number of hydrogen-bond acceptors (Lipinski definition) is 5. The number of likely N-dealkylation sites (tertiary alicyclic amines) is 1. The molecule has 1 aromatic carbocycles. The Kier molecular flexibility index (Phi) is 8.79. The standard InChI is InChI=1S/C20H29N5O2.CH2O2/c1-15(26)21-13-17-9-8-16(24(17)3)12-20(27)23(2)10-11-25-14-22-18-6-4-5-7-19(18)25;2-1-3/h4-7,14,16-17H,8-13H2,1-3H3,(H,21,26);1H,(H,2,3)/t16-,17+;/m0./s1. The van der Waals surface area contributed by atoms with E-state index in [2.05, 4.69) is 26.8 Å². The Morgan fingerprint density at radius 3 is 2.67 bits per heavy atom. The van der Waals surface area contributed by atoms with E-state index in [0.29, 0.717) is 25.6 Å². The molecule has 30 heavy (non-hydrogen) atoms. The van der Waals surface area contributed by atoms with Crippen LogP contribution in [0.1, 0.15) is 26.2 Å². The van der Waals surface area contributed by atoms with Crippen LogP contribution in [0, 0.1) is 0 Å². The van der Waals surface area contributed by atoms with Crippen LogP contribution in [0.15, 0.2) is 30.6 Å². The van der Waals surface area contributed by atoms with Crippen LogP contribution in [-0.2, 0) is 20.9 Å². The normalized spacial score (nSPS) is 18.5. The first-order chi connectivity index (χ1) is 14.4. The minimum Gasteiger partial charge on any atom is -0.483 e. The highest BCUT2D eigenvalue weighted by molar-refractivity contribution is 5.77. The van der Waals surface area contributed by atoms with E-state index >= 15 is 0 Å². The maximum absolute atomic E-state index is 12.6. The fourth-order valence-corrected chi connectivity index (χ4v) is 3.77. The minimum atomic E-state index is -0.250. The van der Waals surface area contributed by atoms with Gasteiger partial charge in [-0.15, -0.1) is 0 Å². The van der Waals surface area contributed by atoms with Gasteiger partial charge in [0, 0.05) is 52.1 Å². The summed E-state index contributed by atoms with van der Waals surface area (Å²) in [6, 6.07) is 8.58. The molecule has 0 spiro atoms. The number of imidazole rings is 1. The summed E-state index contributed by atoms with van der Waals surface area (Å²) < 4.78 is 2.09. The van der Waals surface area contributed by atoms with Crippen LogP contribution in [0.2, 0.25) is 0 Å². The van der Waals surface area contributed by atoms with Crippen LogP contribution in [0.5, 0.6) is 0 Å². The Hall–Kier alpha value is -2.94. The molecule has 0 bridgehead atoms. The third kappa shape index (κ3) is 6.28. The topological polar surface area (TPSA) is 108 Å². The van der Waals surface area contributed by atoms with E-state index in [1.807, 2.05) is 42.5 Å². The number of hydrogen-bond donors (Lipinski definition) is 2. The predicted octanol–water partition coefficient (Wildman–Crippen LogP) is 1.18. The number of aromatic nitrogens is 2. The highest BCUT2D eigenvalue weighted by Crippen LogP contribution is 2.24. The lowest BCUT2D eigenvalue weighted by Gasteiger charge is -2.27.